The molecule has 1 aromatic rings. The number of nitrogens with one attached hydrogen (secondary N) is 1. The lowest BCUT2D eigenvalue weighted by atomic mass is 9.96. The van der Waals surface area contributed by atoms with Gasteiger partial charge in [-0.25, -0.2) is 9.88 Å². The molecule has 5 nitrogen and oxygen atoms in total. The van der Waals surface area contributed by atoms with E-state index in [0.29, 0.717) is 5.75 Å². The van der Waals surface area contributed by atoms with Crippen LogP contribution in [0.5, 0.6) is 5.75 Å². The summed E-state index contributed by atoms with van der Waals surface area (Å²) in [4.78, 5) is 12.1. The van der Waals surface area contributed by atoms with Crippen molar-refractivity contribution in [1.29, 1.82) is 0 Å². The maximum atomic E-state index is 12.8. The normalized spacial score (nSPS) is 18.6. The number of carbonyl (C=O) groups is 1. The van der Waals surface area contributed by atoms with Crippen LogP contribution in [0.1, 0.15) is 26.2 Å². The molecule has 0 aliphatic heterocycles. The first-order valence-electron chi connectivity index (χ1n) is 7.51. The van der Waals surface area contributed by atoms with Gasteiger partial charge >= 0.3 is 13.5 Å². The molecule has 1 fully saturated rings. The van der Waals surface area contributed by atoms with Crippen LogP contribution in [0.15, 0.2) is 43.0 Å². The van der Waals surface area contributed by atoms with Gasteiger partial charge in [0.15, 0.2) is 0 Å². The summed E-state index contributed by atoms with van der Waals surface area (Å²) in [6.45, 7) is 5.36. The minimum atomic E-state index is -3.20. The molecule has 0 spiro atoms. The Kier molecular flexibility index (Phi) is 5.81. The lowest BCUT2D eigenvalue weighted by molar-refractivity contribution is -0.153. The van der Waals surface area contributed by atoms with Crippen molar-refractivity contribution in [2.45, 2.75) is 38.3 Å². The summed E-state index contributed by atoms with van der Waals surface area (Å²) in [6, 6.07) is 8.05. The van der Waals surface area contributed by atoms with Crippen LogP contribution in [0, 0.1) is 0 Å². The minimum absolute atomic E-state index is 0.0206. The van der Waals surface area contributed by atoms with Crippen LogP contribution >= 0.6 is 7.52 Å². The van der Waals surface area contributed by atoms with Gasteiger partial charge in [0, 0.05) is 6.16 Å². The fourth-order valence-electron chi connectivity index (χ4n) is 1.97. The van der Waals surface area contributed by atoms with Crippen molar-refractivity contribution < 1.29 is 18.6 Å². The highest BCUT2D eigenvalue weighted by Crippen LogP contribution is 2.43. The van der Waals surface area contributed by atoms with E-state index in [1.54, 1.807) is 31.2 Å². The number of benzene rings is 1. The van der Waals surface area contributed by atoms with E-state index in [9.17, 15) is 9.36 Å². The summed E-state index contributed by atoms with van der Waals surface area (Å²) >= 11 is 0. The number of hydrogen-bond acceptors (Lipinski definition) is 4. The van der Waals surface area contributed by atoms with Crippen LogP contribution in [0.4, 0.5) is 0 Å². The van der Waals surface area contributed by atoms with E-state index >= 15 is 0 Å². The van der Waals surface area contributed by atoms with Gasteiger partial charge in [-0.2, -0.15) is 0 Å². The molecule has 1 aromatic carbocycles. The molecule has 0 aromatic heterocycles. The highest BCUT2D eigenvalue weighted by molar-refractivity contribution is 7.57. The van der Waals surface area contributed by atoms with Gasteiger partial charge in [-0.05, 0) is 31.4 Å². The fourth-order valence-corrected chi connectivity index (χ4v) is 3.43. The molecule has 2 rings (SSSR count). The number of carbonyl (C=O) groups excluding carboxylic acids is 1. The number of para-hydroxylation sites is 1. The quantitative estimate of drug-likeness (QED) is 0.450. The zero-order valence-corrected chi connectivity index (χ0v) is 13.6. The standard InChI is InChI=1S/C16H22NO4P/c1-3-15(16(18)20-13-11-8-12-13)17-22(19,4-2)21-14-9-6-5-7-10-14/h3,5-7,9-10,13,15H,1,4,8,11-12H2,2H3,(H,17,19)/t15-,22?/m0/s1. The van der Waals surface area contributed by atoms with Gasteiger partial charge in [-0.1, -0.05) is 31.2 Å². The Balaban J connectivity index is 2.00. The molecular formula is C16H22NO4P. The Morgan fingerprint density at radius 3 is 2.64 bits per heavy atom. The van der Waals surface area contributed by atoms with Gasteiger partial charge in [-0.15, -0.1) is 6.58 Å². The van der Waals surface area contributed by atoms with Crippen molar-refractivity contribution in [3.63, 3.8) is 0 Å². The molecule has 0 saturated heterocycles. The van der Waals surface area contributed by atoms with Crippen molar-refractivity contribution in [3.8, 4) is 5.75 Å². The topological polar surface area (TPSA) is 64.6 Å². The van der Waals surface area contributed by atoms with Crippen LogP contribution < -0.4 is 9.61 Å². The summed E-state index contributed by atoms with van der Waals surface area (Å²) in [5.74, 6) is 0.0420. The molecule has 0 amide bonds. The van der Waals surface area contributed by atoms with Gasteiger partial charge in [0.25, 0.3) is 0 Å². The van der Waals surface area contributed by atoms with Gasteiger partial charge in [0.2, 0.25) is 0 Å². The Morgan fingerprint density at radius 1 is 1.45 bits per heavy atom. The fraction of sp³-hybridized carbons (Fsp3) is 0.438. The third-order valence-electron chi connectivity index (χ3n) is 3.57. The molecule has 1 saturated carbocycles. The van der Waals surface area contributed by atoms with Gasteiger partial charge in [0.05, 0.1) is 0 Å². The average molecular weight is 323 g/mol. The molecule has 6 heteroatoms. The maximum Gasteiger partial charge on any atom is 0.327 e. The van der Waals surface area contributed by atoms with Gasteiger partial charge in [-0.3, -0.25) is 4.57 Å². The molecule has 0 radical (unpaired) electrons. The van der Waals surface area contributed by atoms with Crippen molar-refractivity contribution in [2.75, 3.05) is 6.16 Å². The summed E-state index contributed by atoms with van der Waals surface area (Å²) in [5.41, 5.74) is 0. The summed E-state index contributed by atoms with van der Waals surface area (Å²) in [7, 11) is -3.20. The molecule has 22 heavy (non-hydrogen) atoms. The van der Waals surface area contributed by atoms with Crippen LogP contribution in [0.2, 0.25) is 0 Å². The number of ether oxygens (including phenoxy) is 1. The van der Waals surface area contributed by atoms with Crippen molar-refractivity contribution in [3.05, 3.63) is 43.0 Å². The molecule has 1 unspecified atom stereocenters. The SMILES string of the molecule is C=C[C@H](NP(=O)(CC)Oc1ccccc1)C(=O)OC1CCC1. The predicted molar refractivity (Wildman–Crippen MR) is 86.1 cm³/mol. The van der Waals surface area contributed by atoms with E-state index in [-0.39, 0.29) is 12.3 Å². The second-order valence-electron chi connectivity index (χ2n) is 5.23. The van der Waals surface area contributed by atoms with Crippen molar-refractivity contribution in [2.24, 2.45) is 0 Å². The highest BCUT2D eigenvalue weighted by atomic mass is 31.2. The molecule has 1 aliphatic rings. The second-order valence-corrected chi connectivity index (χ2v) is 7.65. The van der Waals surface area contributed by atoms with Crippen LogP contribution in [0.3, 0.4) is 0 Å². The smallest absolute Gasteiger partial charge is 0.327 e. The maximum absolute atomic E-state index is 12.8. The van der Waals surface area contributed by atoms with Crippen LogP contribution in [0.25, 0.3) is 0 Å². The first-order chi connectivity index (χ1) is 10.6. The number of rotatable bonds is 8. The van der Waals surface area contributed by atoms with Crippen LogP contribution in [-0.4, -0.2) is 24.3 Å². The van der Waals surface area contributed by atoms with E-state index in [1.165, 1.54) is 6.08 Å². The van der Waals surface area contributed by atoms with E-state index in [1.807, 2.05) is 6.07 Å². The monoisotopic (exact) mass is 323 g/mol. The highest BCUT2D eigenvalue weighted by Gasteiger charge is 2.31. The third kappa shape index (κ3) is 4.46. The van der Waals surface area contributed by atoms with E-state index in [4.69, 9.17) is 9.26 Å². The predicted octanol–water partition coefficient (Wildman–Crippen LogP) is 3.52. The van der Waals surface area contributed by atoms with E-state index in [0.717, 1.165) is 19.3 Å². The summed E-state index contributed by atoms with van der Waals surface area (Å²) < 4.78 is 23.7. The summed E-state index contributed by atoms with van der Waals surface area (Å²) in [5, 5.41) is 2.77. The van der Waals surface area contributed by atoms with E-state index < -0.39 is 19.5 Å². The molecule has 0 heterocycles. The third-order valence-corrected chi connectivity index (χ3v) is 5.58. The first kappa shape index (κ1) is 16.8. The van der Waals surface area contributed by atoms with Crippen LogP contribution in [-0.2, 0) is 14.1 Å². The molecule has 2 atom stereocenters. The molecule has 1 aliphatic carbocycles. The van der Waals surface area contributed by atoms with Crippen molar-refractivity contribution in [1.82, 2.24) is 5.09 Å². The Labute approximate surface area is 131 Å². The van der Waals surface area contributed by atoms with E-state index in [2.05, 4.69) is 11.7 Å². The summed E-state index contributed by atoms with van der Waals surface area (Å²) in [6.07, 6.45) is 4.49. The van der Waals surface area contributed by atoms with Gasteiger partial charge < -0.3 is 9.26 Å². The van der Waals surface area contributed by atoms with Gasteiger partial charge in [0.1, 0.15) is 17.9 Å². The Morgan fingerprint density at radius 2 is 2.14 bits per heavy atom. The first-order valence-corrected chi connectivity index (χ1v) is 9.32. The molecule has 0 bridgehead atoms. The lowest BCUT2D eigenvalue weighted by Crippen LogP contribution is -2.39. The lowest BCUT2D eigenvalue weighted by Gasteiger charge is -2.28. The number of hydrogen-bond donors (Lipinski definition) is 1. The molecule has 1 N–H and O–H groups in total. The average Bonchev–Trinajstić information content (AvgIpc) is 2.49. The Bertz CT molecular complexity index is 557. The molecule has 120 valence electrons. The minimum Gasteiger partial charge on any atom is -0.461 e. The Hall–Kier alpha value is -1.58. The molecular weight excluding hydrogens is 301 g/mol. The zero-order valence-electron chi connectivity index (χ0n) is 12.7. The zero-order chi connectivity index (χ0) is 16.0. The van der Waals surface area contributed by atoms with Crippen molar-refractivity contribution >= 4 is 13.5 Å². The number of esters is 1. The second kappa shape index (κ2) is 7.61. The largest absolute Gasteiger partial charge is 0.461 e.